The zero-order valence-corrected chi connectivity index (χ0v) is 14.4. The number of para-hydroxylation sites is 1. The third-order valence-corrected chi connectivity index (χ3v) is 3.96. The van der Waals surface area contributed by atoms with Crippen molar-refractivity contribution in [3.63, 3.8) is 0 Å². The molecule has 0 aliphatic rings. The van der Waals surface area contributed by atoms with E-state index in [1.807, 2.05) is 54.6 Å². The molecule has 1 N–H and O–H groups in total. The van der Waals surface area contributed by atoms with Crippen molar-refractivity contribution in [2.24, 2.45) is 0 Å². The van der Waals surface area contributed by atoms with Crippen molar-refractivity contribution >= 4 is 23.1 Å². The van der Waals surface area contributed by atoms with Crippen LogP contribution in [-0.2, 0) is 0 Å². The first-order chi connectivity index (χ1) is 12.3. The van der Waals surface area contributed by atoms with E-state index in [1.54, 1.807) is 6.07 Å². The molecule has 4 heteroatoms. The predicted molar refractivity (Wildman–Crippen MR) is 103 cm³/mol. The van der Waals surface area contributed by atoms with Gasteiger partial charge in [0.1, 0.15) is 11.6 Å². The van der Waals surface area contributed by atoms with Crippen LogP contribution in [0.1, 0.15) is 37.6 Å². The molecule has 0 radical (unpaired) electrons. The number of hydrogen-bond acceptors (Lipinski definition) is 3. The number of hydrogen-bond donors (Lipinski definition) is 1. The second-order valence-corrected chi connectivity index (χ2v) is 5.93. The van der Waals surface area contributed by atoms with Crippen LogP contribution in [0.4, 0.5) is 0 Å². The minimum atomic E-state index is -0.124. The summed E-state index contributed by atoms with van der Waals surface area (Å²) in [7, 11) is 0. The zero-order chi connectivity index (χ0) is 17.5. The molecule has 0 saturated carbocycles. The Morgan fingerprint density at radius 2 is 1.84 bits per heavy atom. The molecule has 3 aromatic rings. The van der Waals surface area contributed by atoms with Gasteiger partial charge in [0, 0.05) is 0 Å². The highest BCUT2D eigenvalue weighted by Gasteiger charge is 2.00. The van der Waals surface area contributed by atoms with Crippen LogP contribution in [0, 0.1) is 0 Å². The Labute approximate surface area is 147 Å². The molecule has 0 saturated heterocycles. The first-order valence-corrected chi connectivity index (χ1v) is 8.66. The van der Waals surface area contributed by atoms with Gasteiger partial charge in [0.2, 0.25) is 0 Å². The van der Waals surface area contributed by atoms with Crippen LogP contribution in [0.5, 0.6) is 5.75 Å². The molecule has 0 amide bonds. The standard InChI is InChI=1S/C21H22N2O2/c1-2-3-6-15-25-17-12-9-16(10-13-17)11-14-20-22-19-8-5-4-7-18(19)21(24)23-20/h4-5,7-14H,2-3,6,15H2,1H3,(H,22,23,24)/b14-11+. The molecule has 0 atom stereocenters. The van der Waals surface area contributed by atoms with Gasteiger partial charge in [0.05, 0.1) is 17.5 Å². The van der Waals surface area contributed by atoms with Gasteiger partial charge in [-0.25, -0.2) is 4.98 Å². The Balaban J connectivity index is 1.68. The Morgan fingerprint density at radius 3 is 2.64 bits per heavy atom. The van der Waals surface area contributed by atoms with E-state index >= 15 is 0 Å². The number of nitrogens with zero attached hydrogens (tertiary/aromatic N) is 1. The zero-order valence-electron chi connectivity index (χ0n) is 14.4. The number of aromatic nitrogens is 2. The van der Waals surface area contributed by atoms with Crippen molar-refractivity contribution in [1.29, 1.82) is 0 Å². The van der Waals surface area contributed by atoms with Crippen LogP contribution in [0.3, 0.4) is 0 Å². The van der Waals surface area contributed by atoms with E-state index in [2.05, 4.69) is 16.9 Å². The lowest BCUT2D eigenvalue weighted by Gasteiger charge is -2.05. The van der Waals surface area contributed by atoms with Gasteiger partial charge in [-0.3, -0.25) is 4.79 Å². The number of aromatic amines is 1. The highest BCUT2D eigenvalue weighted by atomic mass is 16.5. The van der Waals surface area contributed by atoms with E-state index in [9.17, 15) is 4.79 Å². The molecule has 0 unspecified atom stereocenters. The van der Waals surface area contributed by atoms with E-state index in [4.69, 9.17) is 4.74 Å². The van der Waals surface area contributed by atoms with Crippen LogP contribution in [0.2, 0.25) is 0 Å². The highest BCUT2D eigenvalue weighted by Crippen LogP contribution is 2.15. The third-order valence-electron chi connectivity index (χ3n) is 3.96. The van der Waals surface area contributed by atoms with E-state index in [-0.39, 0.29) is 5.56 Å². The van der Waals surface area contributed by atoms with Gasteiger partial charge in [0.15, 0.2) is 0 Å². The lowest BCUT2D eigenvalue weighted by molar-refractivity contribution is 0.306. The molecular weight excluding hydrogens is 312 g/mol. The van der Waals surface area contributed by atoms with Gasteiger partial charge in [-0.05, 0) is 42.3 Å². The van der Waals surface area contributed by atoms with Crippen molar-refractivity contribution < 1.29 is 4.74 Å². The van der Waals surface area contributed by atoms with Crippen LogP contribution in [0.25, 0.3) is 23.1 Å². The Morgan fingerprint density at radius 1 is 1.04 bits per heavy atom. The van der Waals surface area contributed by atoms with Crippen molar-refractivity contribution in [3.05, 3.63) is 70.3 Å². The van der Waals surface area contributed by atoms with Crippen LogP contribution < -0.4 is 10.3 Å². The fourth-order valence-corrected chi connectivity index (χ4v) is 2.58. The number of ether oxygens (including phenoxy) is 1. The molecular formula is C21H22N2O2. The molecule has 128 valence electrons. The first-order valence-electron chi connectivity index (χ1n) is 8.66. The van der Waals surface area contributed by atoms with Crippen molar-refractivity contribution in [1.82, 2.24) is 9.97 Å². The van der Waals surface area contributed by atoms with Gasteiger partial charge in [0.25, 0.3) is 5.56 Å². The number of rotatable bonds is 7. The molecule has 4 nitrogen and oxygen atoms in total. The van der Waals surface area contributed by atoms with Crippen molar-refractivity contribution in [2.75, 3.05) is 6.61 Å². The third kappa shape index (κ3) is 4.57. The SMILES string of the molecule is CCCCCOc1ccc(/C=C/c2nc3ccccc3c(=O)[nH]2)cc1. The van der Waals surface area contributed by atoms with Gasteiger partial charge in [-0.1, -0.05) is 50.1 Å². The normalized spacial score (nSPS) is 11.2. The number of unbranched alkanes of at least 4 members (excludes halogenated alkanes) is 2. The average molecular weight is 334 g/mol. The minimum absolute atomic E-state index is 0.124. The fourth-order valence-electron chi connectivity index (χ4n) is 2.58. The molecule has 2 aromatic carbocycles. The summed E-state index contributed by atoms with van der Waals surface area (Å²) in [6, 6.07) is 15.2. The predicted octanol–water partition coefficient (Wildman–Crippen LogP) is 4.66. The minimum Gasteiger partial charge on any atom is -0.494 e. The Kier molecular flexibility index (Phi) is 5.62. The fraction of sp³-hybridized carbons (Fsp3) is 0.238. The van der Waals surface area contributed by atoms with Crippen molar-refractivity contribution in [2.45, 2.75) is 26.2 Å². The molecule has 0 bridgehead atoms. The second kappa shape index (κ2) is 8.29. The lowest BCUT2D eigenvalue weighted by Crippen LogP contribution is -2.09. The number of nitrogens with one attached hydrogen (secondary N) is 1. The van der Waals surface area contributed by atoms with E-state index < -0.39 is 0 Å². The highest BCUT2D eigenvalue weighted by molar-refractivity contribution is 5.79. The maximum atomic E-state index is 12.1. The number of benzene rings is 2. The van der Waals surface area contributed by atoms with Gasteiger partial charge in [-0.15, -0.1) is 0 Å². The summed E-state index contributed by atoms with van der Waals surface area (Å²) in [5, 5.41) is 0.601. The maximum Gasteiger partial charge on any atom is 0.259 e. The molecule has 0 aliphatic heterocycles. The van der Waals surface area contributed by atoms with Crippen LogP contribution in [-0.4, -0.2) is 16.6 Å². The molecule has 1 aromatic heterocycles. The van der Waals surface area contributed by atoms with Crippen LogP contribution in [0.15, 0.2) is 53.3 Å². The Hall–Kier alpha value is -2.88. The van der Waals surface area contributed by atoms with E-state index in [0.717, 1.165) is 24.3 Å². The lowest BCUT2D eigenvalue weighted by atomic mass is 10.2. The summed E-state index contributed by atoms with van der Waals surface area (Å²) in [5.41, 5.74) is 1.60. The summed E-state index contributed by atoms with van der Waals surface area (Å²) < 4.78 is 5.71. The summed E-state index contributed by atoms with van der Waals surface area (Å²) in [5.74, 6) is 1.43. The molecule has 1 heterocycles. The number of fused-ring (bicyclic) bond motifs is 1. The first kappa shape index (κ1) is 17.0. The number of H-pyrrole nitrogens is 1. The van der Waals surface area contributed by atoms with Gasteiger partial charge >= 0.3 is 0 Å². The van der Waals surface area contributed by atoms with Gasteiger partial charge < -0.3 is 9.72 Å². The summed E-state index contributed by atoms with van der Waals surface area (Å²) in [6.45, 7) is 2.93. The molecule has 3 rings (SSSR count). The topological polar surface area (TPSA) is 55.0 Å². The van der Waals surface area contributed by atoms with E-state index in [1.165, 1.54) is 12.8 Å². The molecule has 0 aliphatic carbocycles. The molecule has 0 fully saturated rings. The summed E-state index contributed by atoms with van der Waals surface area (Å²) in [4.78, 5) is 19.3. The monoisotopic (exact) mass is 334 g/mol. The maximum absolute atomic E-state index is 12.1. The molecule has 0 spiro atoms. The summed E-state index contributed by atoms with van der Waals surface area (Å²) in [6.07, 6.45) is 7.20. The second-order valence-electron chi connectivity index (χ2n) is 5.93. The Bertz CT molecular complexity index is 911. The molecule has 25 heavy (non-hydrogen) atoms. The van der Waals surface area contributed by atoms with E-state index in [0.29, 0.717) is 16.7 Å². The largest absolute Gasteiger partial charge is 0.494 e. The summed E-state index contributed by atoms with van der Waals surface area (Å²) >= 11 is 0. The smallest absolute Gasteiger partial charge is 0.259 e. The quantitative estimate of drug-likeness (QED) is 0.639. The van der Waals surface area contributed by atoms with Crippen LogP contribution >= 0.6 is 0 Å². The van der Waals surface area contributed by atoms with Gasteiger partial charge in [-0.2, -0.15) is 0 Å². The average Bonchev–Trinajstić information content (AvgIpc) is 2.65. The van der Waals surface area contributed by atoms with Crippen molar-refractivity contribution in [3.8, 4) is 5.75 Å².